The Kier molecular flexibility index (Phi) is 3.78. The van der Waals surface area contributed by atoms with Gasteiger partial charge < -0.3 is 9.32 Å². The number of piperazine rings is 1. The first-order valence-corrected chi connectivity index (χ1v) is 8.98. The normalized spacial score (nSPS) is 22.0. The van der Waals surface area contributed by atoms with E-state index in [1.807, 2.05) is 24.3 Å². The quantitative estimate of drug-likeness (QED) is 0.852. The molecule has 2 aromatic rings. The number of para-hydroxylation sites is 2. The maximum atomic E-state index is 5.88. The number of oxazole rings is 1. The molecule has 5 heteroatoms. The van der Waals surface area contributed by atoms with Gasteiger partial charge in [0.2, 0.25) is 0 Å². The number of benzene rings is 1. The summed E-state index contributed by atoms with van der Waals surface area (Å²) in [6.07, 6.45) is 2.71. The van der Waals surface area contributed by atoms with Gasteiger partial charge in [-0.3, -0.25) is 4.90 Å². The standard InChI is InChI=1S/C16H21N3OS/c1-2-4-15-14(3-1)17-16(20-15)19-9-7-18(8-10-19)13-5-11-21-12-6-13/h1-4,13H,5-12H2. The number of hydrogen-bond donors (Lipinski definition) is 0. The lowest BCUT2D eigenvalue weighted by molar-refractivity contribution is 0.173. The van der Waals surface area contributed by atoms with Crippen LogP contribution in [0.5, 0.6) is 0 Å². The lowest BCUT2D eigenvalue weighted by Gasteiger charge is -2.40. The van der Waals surface area contributed by atoms with Crippen LogP contribution >= 0.6 is 11.8 Å². The molecule has 2 saturated heterocycles. The van der Waals surface area contributed by atoms with Gasteiger partial charge in [-0.2, -0.15) is 16.7 Å². The lowest BCUT2D eigenvalue weighted by Crippen LogP contribution is -2.51. The molecule has 0 radical (unpaired) electrons. The molecular formula is C16H21N3OS. The zero-order chi connectivity index (χ0) is 14.1. The Morgan fingerprint density at radius 1 is 1.05 bits per heavy atom. The number of thioether (sulfide) groups is 1. The van der Waals surface area contributed by atoms with Crippen molar-refractivity contribution in [3.05, 3.63) is 24.3 Å². The smallest absolute Gasteiger partial charge is 0.298 e. The summed E-state index contributed by atoms with van der Waals surface area (Å²) in [5, 5.41) is 0. The van der Waals surface area contributed by atoms with Gasteiger partial charge in [0.05, 0.1) is 0 Å². The number of rotatable bonds is 2. The largest absolute Gasteiger partial charge is 0.423 e. The molecule has 2 aliphatic heterocycles. The van der Waals surface area contributed by atoms with E-state index in [2.05, 4.69) is 26.5 Å². The van der Waals surface area contributed by atoms with Crippen LogP contribution in [-0.4, -0.2) is 53.6 Å². The molecule has 1 aromatic carbocycles. The molecule has 2 fully saturated rings. The van der Waals surface area contributed by atoms with Crippen LogP contribution in [0.2, 0.25) is 0 Å². The van der Waals surface area contributed by atoms with Crippen LogP contribution in [-0.2, 0) is 0 Å². The summed E-state index contributed by atoms with van der Waals surface area (Å²) in [6.45, 7) is 4.31. The minimum atomic E-state index is 0.787. The van der Waals surface area contributed by atoms with Crippen LogP contribution in [0.1, 0.15) is 12.8 Å². The lowest BCUT2D eigenvalue weighted by atomic mass is 10.1. The van der Waals surface area contributed by atoms with Crippen LogP contribution in [0.4, 0.5) is 6.01 Å². The van der Waals surface area contributed by atoms with Gasteiger partial charge in [0, 0.05) is 32.2 Å². The molecule has 0 unspecified atom stereocenters. The van der Waals surface area contributed by atoms with E-state index in [9.17, 15) is 0 Å². The molecule has 0 atom stereocenters. The molecule has 112 valence electrons. The third-order valence-corrected chi connectivity index (χ3v) is 5.62. The zero-order valence-corrected chi connectivity index (χ0v) is 13.0. The monoisotopic (exact) mass is 303 g/mol. The van der Waals surface area contributed by atoms with Crippen molar-refractivity contribution in [1.29, 1.82) is 0 Å². The predicted octanol–water partition coefficient (Wildman–Crippen LogP) is 2.85. The Bertz CT molecular complexity index is 567. The summed E-state index contributed by atoms with van der Waals surface area (Å²) in [5.41, 5.74) is 1.85. The fourth-order valence-corrected chi connectivity index (χ4v) is 4.41. The molecule has 3 heterocycles. The highest BCUT2D eigenvalue weighted by Crippen LogP contribution is 2.25. The van der Waals surface area contributed by atoms with Crippen molar-refractivity contribution >= 4 is 28.9 Å². The van der Waals surface area contributed by atoms with Crippen molar-refractivity contribution in [1.82, 2.24) is 9.88 Å². The highest BCUT2D eigenvalue weighted by Gasteiger charge is 2.26. The summed E-state index contributed by atoms with van der Waals surface area (Å²) in [7, 11) is 0. The second-order valence-electron chi connectivity index (χ2n) is 5.83. The minimum absolute atomic E-state index is 0.787. The third kappa shape index (κ3) is 2.77. The van der Waals surface area contributed by atoms with Crippen molar-refractivity contribution in [3.8, 4) is 0 Å². The maximum Gasteiger partial charge on any atom is 0.298 e. The van der Waals surface area contributed by atoms with Gasteiger partial charge in [0.15, 0.2) is 5.58 Å². The van der Waals surface area contributed by atoms with E-state index in [-0.39, 0.29) is 0 Å². The van der Waals surface area contributed by atoms with E-state index < -0.39 is 0 Å². The molecule has 0 aliphatic carbocycles. The molecule has 0 saturated carbocycles. The molecule has 4 nitrogen and oxygen atoms in total. The van der Waals surface area contributed by atoms with E-state index in [0.29, 0.717) is 0 Å². The molecular weight excluding hydrogens is 282 g/mol. The highest BCUT2D eigenvalue weighted by atomic mass is 32.2. The van der Waals surface area contributed by atoms with Crippen molar-refractivity contribution < 1.29 is 4.42 Å². The van der Waals surface area contributed by atoms with Crippen LogP contribution < -0.4 is 4.90 Å². The molecule has 4 rings (SSSR count). The molecule has 2 aliphatic rings. The third-order valence-electron chi connectivity index (χ3n) is 4.57. The first kappa shape index (κ1) is 13.5. The Morgan fingerprint density at radius 2 is 1.81 bits per heavy atom. The Labute approximate surface area is 129 Å². The van der Waals surface area contributed by atoms with Gasteiger partial charge in [-0.1, -0.05) is 12.1 Å². The van der Waals surface area contributed by atoms with E-state index in [0.717, 1.165) is 49.3 Å². The van der Waals surface area contributed by atoms with Crippen LogP contribution in [0.3, 0.4) is 0 Å². The molecule has 0 N–H and O–H groups in total. The highest BCUT2D eigenvalue weighted by molar-refractivity contribution is 7.99. The number of fused-ring (bicyclic) bond motifs is 1. The fourth-order valence-electron chi connectivity index (χ4n) is 3.32. The molecule has 0 bridgehead atoms. The summed E-state index contributed by atoms with van der Waals surface area (Å²) in [6, 6.07) is 9.59. The number of hydrogen-bond acceptors (Lipinski definition) is 5. The van der Waals surface area contributed by atoms with Gasteiger partial charge in [0.1, 0.15) is 5.52 Å². The van der Waals surface area contributed by atoms with E-state index in [1.165, 1.54) is 24.3 Å². The number of anilines is 1. The SMILES string of the molecule is c1ccc2oc(N3CCN(C4CCSCC4)CC3)nc2c1. The Hall–Kier alpha value is -1.20. The van der Waals surface area contributed by atoms with Crippen molar-refractivity contribution in [2.24, 2.45) is 0 Å². The summed E-state index contributed by atoms with van der Waals surface area (Å²) >= 11 is 2.10. The average molecular weight is 303 g/mol. The predicted molar refractivity (Wildman–Crippen MR) is 88.1 cm³/mol. The fraction of sp³-hybridized carbons (Fsp3) is 0.562. The van der Waals surface area contributed by atoms with E-state index in [1.54, 1.807) is 0 Å². The average Bonchev–Trinajstić information content (AvgIpc) is 3.00. The van der Waals surface area contributed by atoms with Crippen molar-refractivity contribution in [3.63, 3.8) is 0 Å². The van der Waals surface area contributed by atoms with Crippen molar-refractivity contribution in [2.45, 2.75) is 18.9 Å². The zero-order valence-electron chi connectivity index (χ0n) is 12.2. The molecule has 0 spiro atoms. The number of aromatic nitrogens is 1. The Balaban J connectivity index is 1.42. The van der Waals surface area contributed by atoms with Gasteiger partial charge >= 0.3 is 0 Å². The Morgan fingerprint density at radius 3 is 2.57 bits per heavy atom. The van der Waals surface area contributed by atoms with Gasteiger partial charge in [-0.15, -0.1) is 0 Å². The van der Waals surface area contributed by atoms with E-state index >= 15 is 0 Å². The summed E-state index contributed by atoms with van der Waals surface area (Å²) in [4.78, 5) is 9.56. The molecule has 0 amide bonds. The first-order chi connectivity index (χ1) is 10.4. The topological polar surface area (TPSA) is 32.5 Å². The molecule has 21 heavy (non-hydrogen) atoms. The van der Waals surface area contributed by atoms with Crippen LogP contribution in [0.15, 0.2) is 28.7 Å². The van der Waals surface area contributed by atoms with Gasteiger partial charge in [-0.05, 0) is 36.5 Å². The minimum Gasteiger partial charge on any atom is -0.423 e. The van der Waals surface area contributed by atoms with Crippen LogP contribution in [0, 0.1) is 0 Å². The number of nitrogens with zero attached hydrogens (tertiary/aromatic N) is 3. The van der Waals surface area contributed by atoms with Gasteiger partial charge in [0.25, 0.3) is 6.01 Å². The molecule has 1 aromatic heterocycles. The second-order valence-corrected chi connectivity index (χ2v) is 7.06. The second kappa shape index (κ2) is 5.89. The van der Waals surface area contributed by atoms with Gasteiger partial charge in [-0.25, -0.2) is 0 Å². The summed E-state index contributed by atoms with van der Waals surface area (Å²) < 4.78 is 5.88. The first-order valence-electron chi connectivity index (χ1n) is 7.82. The maximum absolute atomic E-state index is 5.88. The van der Waals surface area contributed by atoms with Crippen LogP contribution in [0.25, 0.3) is 11.1 Å². The van der Waals surface area contributed by atoms with E-state index in [4.69, 9.17) is 4.42 Å². The summed E-state index contributed by atoms with van der Waals surface area (Å²) in [5.74, 6) is 2.66. The van der Waals surface area contributed by atoms with Crippen molar-refractivity contribution in [2.75, 3.05) is 42.6 Å².